The molecule has 0 spiro atoms. The van der Waals surface area contributed by atoms with Crippen molar-refractivity contribution in [3.8, 4) is 11.1 Å². The summed E-state index contributed by atoms with van der Waals surface area (Å²) in [6.45, 7) is 0.581. The topological polar surface area (TPSA) is 66.8 Å². The Labute approximate surface area is 148 Å². The first kappa shape index (κ1) is 18.0. The quantitative estimate of drug-likeness (QED) is 0.909. The Hall–Kier alpha value is -2.80. The number of aliphatic carboxylic acids is 1. The summed E-state index contributed by atoms with van der Waals surface area (Å²) in [6.07, 6.45) is -0.817. The average Bonchev–Trinajstić information content (AvgIpc) is 2.61. The summed E-state index contributed by atoms with van der Waals surface area (Å²) in [7, 11) is 0. The number of morpholine rings is 1. The molecule has 0 saturated carbocycles. The zero-order chi connectivity index (χ0) is 18.7. The molecule has 1 N–H and O–H groups in total. The Morgan fingerprint density at radius 2 is 1.81 bits per heavy atom. The number of hydrogen-bond acceptors (Lipinski definition) is 3. The molecule has 136 valence electrons. The van der Waals surface area contributed by atoms with Gasteiger partial charge in [0.05, 0.1) is 24.7 Å². The first-order valence-corrected chi connectivity index (χ1v) is 8.12. The van der Waals surface area contributed by atoms with E-state index in [0.29, 0.717) is 11.1 Å². The Morgan fingerprint density at radius 1 is 1.12 bits per heavy atom. The van der Waals surface area contributed by atoms with E-state index < -0.39 is 23.8 Å². The van der Waals surface area contributed by atoms with Gasteiger partial charge in [0.1, 0.15) is 11.6 Å². The fourth-order valence-corrected chi connectivity index (χ4v) is 2.90. The standard InChI is InChI=1S/C19H17F2NO4/c20-14-4-1-12(2-5-14)13-3-6-16(17(21)9-13)19(25)22-7-8-26-15(11-22)10-18(23)24/h1-6,9,15H,7-8,10-11H2,(H,23,24)/t15-/m0/s1. The number of rotatable bonds is 4. The SMILES string of the molecule is O=C(O)C[C@H]1CN(C(=O)c2ccc(-c3ccc(F)cc3)cc2F)CCO1. The van der Waals surface area contributed by atoms with Crippen molar-refractivity contribution >= 4 is 11.9 Å². The molecule has 0 bridgehead atoms. The molecule has 1 amide bonds. The maximum absolute atomic E-state index is 14.5. The van der Waals surface area contributed by atoms with E-state index in [-0.39, 0.29) is 37.5 Å². The summed E-state index contributed by atoms with van der Waals surface area (Å²) in [5.74, 6) is -2.59. The molecule has 2 aromatic rings. The smallest absolute Gasteiger partial charge is 0.306 e. The summed E-state index contributed by atoms with van der Waals surface area (Å²) in [5.41, 5.74) is 1.08. The third kappa shape index (κ3) is 4.05. The van der Waals surface area contributed by atoms with Crippen LogP contribution in [-0.4, -0.2) is 47.7 Å². The van der Waals surface area contributed by atoms with Crippen LogP contribution in [0.4, 0.5) is 8.78 Å². The number of halogens is 2. The van der Waals surface area contributed by atoms with Crippen LogP contribution in [0.1, 0.15) is 16.8 Å². The third-order valence-electron chi connectivity index (χ3n) is 4.21. The van der Waals surface area contributed by atoms with Gasteiger partial charge in [-0.15, -0.1) is 0 Å². The lowest BCUT2D eigenvalue weighted by Crippen LogP contribution is -2.46. The number of carboxylic acids is 1. The molecule has 3 rings (SSSR count). The molecule has 0 aromatic heterocycles. The van der Waals surface area contributed by atoms with Crippen LogP contribution in [0.3, 0.4) is 0 Å². The maximum atomic E-state index is 14.5. The van der Waals surface area contributed by atoms with Crippen molar-refractivity contribution in [1.29, 1.82) is 0 Å². The molecule has 0 radical (unpaired) electrons. The number of nitrogens with zero attached hydrogens (tertiary/aromatic N) is 1. The van der Waals surface area contributed by atoms with E-state index in [9.17, 15) is 18.4 Å². The monoisotopic (exact) mass is 361 g/mol. The molecule has 7 heteroatoms. The van der Waals surface area contributed by atoms with Gasteiger partial charge >= 0.3 is 5.97 Å². The van der Waals surface area contributed by atoms with Gasteiger partial charge in [0.2, 0.25) is 0 Å². The van der Waals surface area contributed by atoms with Crippen molar-refractivity contribution in [3.63, 3.8) is 0 Å². The molecule has 1 saturated heterocycles. The zero-order valence-electron chi connectivity index (χ0n) is 13.8. The van der Waals surface area contributed by atoms with Crippen molar-refractivity contribution in [1.82, 2.24) is 4.90 Å². The van der Waals surface area contributed by atoms with Gasteiger partial charge in [-0.2, -0.15) is 0 Å². The summed E-state index contributed by atoms with van der Waals surface area (Å²) >= 11 is 0. The van der Waals surface area contributed by atoms with Crippen LogP contribution in [0.2, 0.25) is 0 Å². The minimum atomic E-state index is -1.01. The van der Waals surface area contributed by atoms with E-state index in [1.165, 1.54) is 41.3 Å². The first-order chi connectivity index (χ1) is 12.4. The highest BCUT2D eigenvalue weighted by atomic mass is 19.1. The second-order valence-electron chi connectivity index (χ2n) is 6.04. The van der Waals surface area contributed by atoms with Gasteiger partial charge < -0.3 is 14.7 Å². The number of carbonyl (C=O) groups is 2. The molecule has 1 aliphatic heterocycles. The highest BCUT2D eigenvalue weighted by molar-refractivity contribution is 5.95. The van der Waals surface area contributed by atoms with E-state index in [1.807, 2.05) is 0 Å². The molecular formula is C19H17F2NO4. The molecule has 2 aromatic carbocycles. The predicted molar refractivity (Wildman–Crippen MR) is 89.7 cm³/mol. The molecule has 1 fully saturated rings. The lowest BCUT2D eigenvalue weighted by Gasteiger charge is -2.32. The fourth-order valence-electron chi connectivity index (χ4n) is 2.90. The van der Waals surface area contributed by atoms with Crippen molar-refractivity contribution in [3.05, 3.63) is 59.7 Å². The number of benzene rings is 2. The van der Waals surface area contributed by atoms with Crippen LogP contribution in [0.25, 0.3) is 11.1 Å². The molecule has 1 heterocycles. The molecule has 1 aliphatic rings. The van der Waals surface area contributed by atoms with E-state index in [0.717, 1.165) is 0 Å². The van der Waals surface area contributed by atoms with Gasteiger partial charge in [-0.1, -0.05) is 18.2 Å². The van der Waals surface area contributed by atoms with E-state index in [2.05, 4.69) is 0 Å². The normalized spacial score (nSPS) is 17.2. The van der Waals surface area contributed by atoms with Crippen LogP contribution in [0.5, 0.6) is 0 Å². The number of carbonyl (C=O) groups excluding carboxylic acids is 1. The first-order valence-electron chi connectivity index (χ1n) is 8.12. The molecule has 0 unspecified atom stereocenters. The van der Waals surface area contributed by atoms with Crippen LogP contribution >= 0.6 is 0 Å². The molecule has 0 aliphatic carbocycles. The minimum absolute atomic E-state index is 0.0909. The largest absolute Gasteiger partial charge is 0.481 e. The molecular weight excluding hydrogens is 344 g/mol. The Balaban J connectivity index is 1.77. The number of hydrogen-bond donors (Lipinski definition) is 1. The van der Waals surface area contributed by atoms with Gasteiger partial charge in [0.25, 0.3) is 5.91 Å². The zero-order valence-corrected chi connectivity index (χ0v) is 13.8. The van der Waals surface area contributed by atoms with Crippen LogP contribution < -0.4 is 0 Å². The van der Waals surface area contributed by atoms with Crippen molar-refractivity contribution in [2.75, 3.05) is 19.7 Å². The van der Waals surface area contributed by atoms with Gasteiger partial charge in [-0.05, 0) is 35.4 Å². The van der Waals surface area contributed by atoms with Crippen molar-refractivity contribution in [2.45, 2.75) is 12.5 Å². The third-order valence-corrected chi connectivity index (χ3v) is 4.21. The summed E-state index contributed by atoms with van der Waals surface area (Å²) in [5, 5.41) is 8.84. The van der Waals surface area contributed by atoms with E-state index >= 15 is 0 Å². The number of ether oxygens (including phenoxy) is 1. The maximum Gasteiger partial charge on any atom is 0.306 e. The van der Waals surface area contributed by atoms with Crippen LogP contribution in [-0.2, 0) is 9.53 Å². The van der Waals surface area contributed by atoms with Gasteiger partial charge in [-0.25, -0.2) is 8.78 Å². The van der Waals surface area contributed by atoms with E-state index in [1.54, 1.807) is 6.07 Å². The van der Waals surface area contributed by atoms with Gasteiger partial charge in [-0.3, -0.25) is 9.59 Å². The summed E-state index contributed by atoms with van der Waals surface area (Å²) < 4.78 is 32.8. The lowest BCUT2D eigenvalue weighted by atomic mass is 10.0. The second kappa shape index (κ2) is 7.61. The van der Waals surface area contributed by atoms with Crippen molar-refractivity contribution < 1.29 is 28.2 Å². The molecule has 1 atom stereocenters. The van der Waals surface area contributed by atoms with Gasteiger partial charge in [0, 0.05) is 13.1 Å². The van der Waals surface area contributed by atoms with Crippen LogP contribution in [0.15, 0.2) is 42.5 Å². The Morgan fingerprint density at radius 3 is 2.46 bits per heavy atom. The molecule has 5 nitrogen and oxygen atoms in total. The number of carboxylic acid groups (broad SMARTS) is 1. The average molecular weight is 361 g/mol. The van der Waals surface area contributed by atoms with E-state index in [4.69, 9.17) is 9.84 Å². The second-order valence-corrected chi connectivity index (χ2v) is 6.04. The molecule has 26 heavy (non-hydrogen) atoms. The highest BCUT2D eigenvalue weighted by Crippen LogP contribution is 2.23. The Bertz CT molecular complexity index is 823. The minimum Gasteiger partial charge on any atom is -0.481 e. The fraction of sp³-hybridized carbons (Fsp3) is 0.263. The summed E-state index contributed by atoms with van der Waals surface area (Å²) in [4.78, 5) is 24.8. The van der Waals surface area contributed by atoms with Crippen LogP contribution in [0, 0.1) is 11.6 Å². The van der Waals surface area contributed by atoms with Gasteiger partial charge in [0.15, 0.2) is 0 Å². The number of amides is 1. The van der Waals surface area contributed by atoms with Crippen molar-refractivity contribution in [2.24, 2.45) is 0 Å². The lowest BCUT2D eigenvalue weighted by molar-refractivity contribution is -0.141. The highest BCUT2D eigenvalue weighted by Gasteiger charge is 2.28. The summed E-state index contributed by atoms with van der Waals surface area (Å²) in [6, 6.07) is 9.84. The predicted octanol–water partition coefficient (Wildman–Crippen LogP) is 2.95. The Kier molecular flexibility index (Phi) is 5.27.